The van der Waals surface area contributed by atoms with E-state index in [0.29, 0.717) is 6.04 Å². The molecule has 11 heavy (non-hydrogen) atoms. The average Bonchev–Trinajstić information content (AvgIpc) is 2.00. The van der Waals surface area contributed by atoms with Crippen molar-refractivity contribution >= 4 is 0 Å². The van der Waals surface area contributed by atoms with E-state index in [1.165, 1.54) is 19.3 Å². The van der Waals surface area contributed by atoms with Crippen LogP contribution < -0.4 is 5.32 Å². The summed E-state index contributed by atoms with van der Waals surface area (Å²) in [6, 6.07) is 0.599. The van der Waals surface area contributed by atoms with Gasteiger partial charge in [-0.05, 0) is 19.8 Å². The van der Waals surface area contributed by atoms with Gasteiger partial charge in [-0.2, -0.15) is 0 Å². The quantitative estimate of drug-likeness (QED) is 0.621. The Morgan fingerprint density at radius 3 is 2.55 bits per heavy atom. The summed E-state index contributed by atoms with van der Waals surface area (Å²) < 4.78 is 0. The van der Waals surface area contributed by atoms with Crippen molar-refractivity contribution in [3.05, 3.63) is 12.3 Å². The van der Waals surface area contributed by atoms with E-state index in [0.717, 1.165) is 12.1 Å². The molecule has 1 nitrogen and oxygen atoms in total. The van der Waals surface area contributed by atoms with Crippen LogP contribution in [0.5, 0.6) is 0 Å². The molecule has 0 rings (SSSR count). The smallest absolute Gasteiger partial charge is 0.0229 e. The Kier molecular flexibility index (Phi) is 6.00. The van der Waals surface area contributed by atoms with E-state index in [1.807, 2.05) is 0 Å². The molecule has 1 heteroatoms. The van der Waals surface area contributed by atoms with E-state index >= 15 is 0 Å². The molecule has 0 saturated carbocycles. The monoisotopic (exact) mass is 155 g/mol. The van der Waals surface area contributed by atoms with Gasteiger partial charge < -0.3 is 5.32 Å². The van der Waals surface area contributed by atoms with Crippen molar-refractivity contribution in [2.24, 2.45) is 0 Å². The SMILES string of the molecule is C=C(CC)NC(C)CCCC. The summed E-state index contributed by atoms with van der Waals surface area (Å²) in [4.78, 5) is 0. The zero-order valence-corrected chi connectivity index (χ0v) is 8.11. The minimum Gasteiger partial charge on any atom is -0.386 e. The van der Waals surface area contributed by atoms with Crippen LogP contribution in [0.4, 0.5) is 0 Å². The van der Waals surface area contributed by atoms with Gasteiger partial charge in [0.2, 0.25) is 0 Å². The second kappa shape index (κ2) is 6.26. The molecule has 1 unspecified atom stereocenters. The van der Waals surface area contributed by atoms with E-state index in [9.17, 15) is 0 Å². The second-order valence-electron chi connectivity index (χ2n) is 3.14. The third kappa shape index (κ3) is 5.96. The highest BCUT2D eigenvalue weighted by Crippen LogP contribution is 2.02. The van der Waals surface area contributed by atoms with Gasteiger partial charge in [-0.3, -0.25) is 0 Å². The van der Waals surface area contributed by atoms with Gasteiger partial charge in [0.15, 0.2) is 0 Å². The first-order valence-electron chi connectivity index (χ1n) is 4.65. The van der Waals surface area contributed by atoms with Gasteiger partial charge in [-0.1, -0.05) is 33.3 Å². The molecule has 0 heterocycles. The third-order valence-corrected chi connectivity index (χ3v) is 1.87. The highest BCUT2D eigenvalue weighted by Gasteiger charge is 1.99. The van der Waals surface area contributed by atoms with Crippen molar-refractivity contribution in [2.45, 2.75) is 52.5 Å². The minimum atomic E-state index is 0.599. The van der Waals surface area contributed by atoms with E-state index in [-0.39, 0.29) is 0 Å². The van der Waals surface area contributed by atoms with Crippen molar-refractivity contribution in [3.8, 4) is 0 Å². The van der Waals surface area contributed by atoms with Crippen molar-refractivity contribution in [1.29, 1.82) is 0 Å². The van der Waals surface area contributed by atoms with Crippen LogP contribution in [0.3, 0.4) is 0 Å². The molecule has 0 aromatic rings. The number of nitrogens with one attached hydrogen (secondary N) is 1. The Labute approximate surface area is 70.9 Å². The van der Waals surface area contributed by atoms with Gasteiger partial charge in [0, 0.05) is 11.7 Å². The van der Waals surface area contributed by atoms with Gasteiger partial charge in [0.25, 0.3) is 0 Å². The second-order valence-corrected chi connectivity index (χ2v) is 3.14. The maximum absolute atomic E-state index is 3.91. The first kappa shape index (κ1) is 10.5. The van der Waals surface area contributed by atoms with Crippen LogP contribution >= 0.6 is 0 Å². The molecule has 0 aliphatic carbocycles. The van der Waals surface area contributed by atoms with E-state index in [2.05, 4.69) is 32.7 Å². The van der Waals surface area contributed by atoms with Crippen LogP contribution in [0.2, 0.25) is 0 Å². The molecule has 0 aliphatic rings. The fraction of sp³-hybridized carbons (Fsp3) is 0.800. The van der Waals surface area contributed by atoms with E-state index in [4.69, 9.17) is 0 Å². The van der Waals surface area contributed by atoms with Crippen LogP contribution in [0.25, 0.3) is 0 Å². The van der Waals surface area contributed by atoms with Crippen LogP contribution in [0.1, 0.15) is 46.5 Å². The number of hydrogen-bond acceptors (Lipinski definition) is 1. The molecule has 0 spiro atoms. The summed E-state index contributed by atoms with van der Waals surface area (Å²) in [6.07, 6.45) is 4.89. The Morgan fingerprint density at radius 1 is 1.45 bits per heavy atom. The standard InChI is InChI=1S/C10H21N/c1-5-7-8-10(4)11-9(3)6-2/h10-11H,3,5-8H2,1-2,4H3. The maximum atomic E-state index is 3.91. The lowest BCUT2D eigenvalue weighted by molar-refractivity contribution is 0.533. The van der Waals surface area contributed by atoms with Gasteiger partial charge in [0.1, 0.15) is 0 Å². The molecule has 0 fully saturated rings. The molecule has 0 saturated heterocycles. The van der Waals surface area contributed by atoms with Crippen LogP contribution in [0.15, 0.2) is 12.3 Å². The van der Waals surface area contributed by atoms with E-state index < -0.39 is 0 Å². The predicted molar refractivity (Wildman–Crippen MR) is 51.6 cm³/mol. The molecular formula is C10H21N. The highest BCUT2D eigenvalue weighted by atomic mass is 14.9. The molecule has 0 amide bonds. The molecule has 1 N–H and O–H groups in total. The predicted octanol–water partition coefficient (Wildman–Crippen LogP) is 3.08. The van der Waals surface area contributed by atoms with Crippen molar-refractivity contribution in [3.63, 3.8) is 0 Å². The zero-order valence-electron chi connectivity index (χ0n) is 8.11. The molecule has 1 atom stereocenters. The molecule has 0 radical (unpaired) electrons. The van der Waals surface area contributed by atoms with Crippen molar-refractivity contribution in [1.82, 2.24) is 5.32 Å². The first-order chi connectivity index (χ1) is 5.20. The fourth-order valence-electron chi connectivity index (χ4n) is 1.03. The topological polar surface area (TPSA) is 12.0 Å². The summed E-state index contributed by atoms with van der Waals surface area (Å²) in [7, 11) is 0. The average molecular weight is 155 g/mol. The van der Waals surface area contributed by atoms with Crippen LogP contribution in [0, 0.1) is 0 Å². The maximum Gasteiger partial charge on any atom is 0.0229 e. The summed E-state index contributed by atoms with van der Waals surface area (Å²) >= 11 is 0. The number of unbranched alkanes of at least 4 members (excludes halogenated alkanes) is 1. The molecule has 0 aromatic carbocycles. The summed E-state index contributed by atoms with van der Waals surface area (Å²) in [5.74, 6) is 0. The Balaban J connectivity index is 3.35. The van der Waals surface area contributed by atoms with Gasteiger partial charge in [0.05, 0.1) is 0 Å². The van der Waals surface area contributed by atoms with Crippen LogP contribution in [-0.4, -0.2) is 6.04 Å². The number of rotatable bonds is 6. The summed E-state index contributed by atoms with van der Waals surface area (Å²) in [5, 5.41) is 3.37. The molecule has 0 aromatic heterocycles. The van der Waals surface area contributed by atoms with Crippen molar-refractivity contribution < 1.29 is 0 Å². The minimum absolute atomic E-state index is 0.599. The Bertz CT molecular complexity index is 107. The van der Waals surface area contributed by atoms with Crippen LogP contribution in [-0.2, 0) is 0 Å². The third-order valence-electron chi connectivity index (χ3n) is 1.87. The number of hydrogen-bond donors (Lipinski definition) is 1. The molecular weight excluding hydrogens is 134 g/mol. The van der Waals surface area contributed by atoms with Gasteiger partial charge in [-0.15, -0.1) is 0 Å². The van der Waals surface area contributed by atoms with Crippen molar-refractivity contribution in [2.75, 3.05) is 0 Å². The molecule has 66 valence electrons. The lowest BCUT2D eigenvalue weighted by Gasteiger charge is -2.15. The normalized spacial score (nSPS) is 12.6. The fourth-order valence-corrected chi connectivity index (χ4v) is 1.03. The lowest BCUT2D eigenvalue weighted by atomic mass is 10.1. The van der Waals surface area contributed by atoms with E-state index in [1.54, 1.807) is 0 Å². The molecule has 0 bridgehead atoms. The molecule has 0 aliphatic heterocycles. The van der Waals surface area contributed by atoms with Gasteiger partial charge in [-0.25, -0.2) is 0 Å². The summed E-state index contributed by atoms with van der Waals surface area (Å²) in [5.41, 5.74) is 1.16. The lowest BCUT2D eigenvalue weighted by Crippen LogP contribution is -2.24. The Morgan fingerprint density at radius 2 is 2.09 bits per heavy atom. The van der Waals surface area contributed by atoms with Gasteiger partial charge >= 0.3 is 0 Å². The first-order valence-corrected chi connectivity index (χ1v) is 4.65. The Hall–Kier alpha value is -0.460. The highest BCUT2D eigenvalue weighted by molar-refractivity contribution is 4.91. The largest absolute Gasteiger partial charge is 0.386 e. The summed E-state index contributed by atoms with van der Waals surface area (Å²) in [6.45, 7) is 10.5. The number of allylic oxidation sites excluding steroid dienone is 1. The zero-order chi connectivity index (χ0) is 8.69.